The first-order valence-electron chi connectivity index (χ1n) is 9.14. The van der Waals surface area contributed by atoms with Gasteiger partial charge < -0.3 is 19.3 Å². The molecule has 0 spiro atoms. The minimum atomic E-state index is -0.272. The second kappa shape index (κ2) is 8.12. The molecule has 1 atom stereocenters. The van der Waals surface area contributed by atoms with E-state index in [9.17, 15) is 4.79 Å². The van der Waals surface area contributed by atoms with Crippen LogP contribution in [0.2, 0.25) is 0 Å². The number of nitrogens with one attached hydrogen (secondary N) is 1. The molecule has 1 N–H and O–H groups in total. The molecule has 7 heteroatoms. The van der Waals surface area contributed by atoms with Gasteiger partial charge >= 0.3 is 0 Å². The van der Waals surface area contributed by atoms with Gasteiger partial charge in [0.1, 0.15) is 6.61 Å². The van der Waals surface area contributed by atoms with Crippen molar-refractivity contribution in [2.45, 2.75) is 19.4 Å². The summed E-state index contributed by atoms with van der Waals surface area (Å²) in [6, 6.07) is 15.6. The minimum absolute atomic E-state index is 0.101. The standard InChI is InChI=1S/C21H21N3O4/c1-26-17-9-5-8-15-11-16(13-27-20(15)17)21(25)22-12-19-23-18(24-28-19)10-14-6-3-2-4-7-14/h2-9,16H,10-13H2,1H3,(H,22,25). The van der Waals surface area contributed by atoms with Crippen molar-refractivity contribution < 1.29 is 18.8 Å². The van der Waals surface area contributed by atoms with Crippen LogP contribution >= 0.6 is 0 Å². The van der Waals surface area contributed by atoms with Crippen LogP contribution in [0, 0.1) is 5.92 Å². The van der Waals surface area contributed by atoms with Gasteiger partial charge in [0.2, 0.25) is 11.8 Å². The quantitative estimate of drug-likeness (QED) is 0.708. The van der Waals surface area contributed by atoms with Gasteiger partial charge in [-0.25, -0.2) is 0 Å². The fraction of sp³-hybridized carbons (Fsp3) is 0.286. The van der Waals surface area contributed by atoms with Crippen molar-refractivity contribution in [3.05, 3.63) is 71.4 Å². The molecule has 0 saturated heterocycles. The number of nitrogens with zero attached hydrogens (tertiary/aromatic N) is 2. The molecule has 0 aliphatic carbocycles. The summed E-state index contributed by atoms with van der Waals surface area (Å²) >= 11 is 0. The van der Waals surface area contributed by atoms with Gasteiger partial charge in [-0.15, -0.1) is 0 Å². The molecule has 0 radical (unpaired) electrons. The number of amides is 1. The van der Waals surface area contributed by atoms with Crippen LogP contribution in [0.25, 0.3) is 0 Å². The monoisotopic (exact) mass is 379 g/mol. The lowest BCUT2D eigenvalue weighted by Gasteiger charge is -2.25. The van der Waals surface area contributed by atoms with Crippen LogP contribution in [0.1, 0.15) is 22.8 Å². The van der Waals surface area contributed by atoms with E-state index < -0.39 is 0 Å². The molecule has 1 amide bonds. The predicted octanol–water partition coefficient (Wildman–Crippen LogP) is 2.54. The SMILES string of the molecule is COc1cccc2c1OCC(C(=O)NCc1nc(Cc3ccccc3)no1)C2. The summed E-state index contributed by atoms with van der Waals surface area (Å²) in [5.74, 6) is 2.02. The largest absolute Gasteiger partial charge is 0.493 e. The van der Waals surface area contributed by atoms with Crippen molar-refractivity contribution in [3.63, 3.8) is 0 Å². The molecule has 28 heavy (non-hydrogen) atoms. The van der Waals surface area contributed by atoms with E-state index in [1.54, 1.807) is 7.11 Å². The zero-order chi connectivity index (χ0) is 19.3. The van der Waals surface area contributed by atoms with Crippen LogP contribution < -0.4 is 14.8 Å². The zero-order valence-corrected chi connectivity index (χ0v) is 15.6. The number of methoxy groups -OCH3 is 1. The Morgan fingerprint density at radius 3 is 2.89 bits per heavy atom. The van der Waals surface area contributed by atoms with Gasteiger partial charge in [0.15, 0.2) is 17.3 Å². The fourth-order valence-corrected chi connectivity index (χ4v) is 3.24. The highest BCUT2D eigenvalue weighted by molar-refractivity contribution is 5.79. The number of fused-ring (bicyclic) bond motifs is 1. The van der Waals surface area contributed by atoms with Gasteiger partial charge in [-0.1, -0.05) is 47.6 Å². The number of aromatic nitrogens is 2. The van der Waals surface area contributed by atoms with E-state index in [0.717, 1.165) is 16.9 Å². The maximum Gasteiger partial charge on any atom is 0.246 e. The summed E-state index contributed by atoms with van der Waals surface area (Å²) in [5, 5.41) is 6.83. The summed E-state index contributed by atoms with van der Waals surface area (Å²) in [4.78, 5) is 16.9. The van der Waals surface area contributed by atoms with Crippen LogP contribution in [0.4, 0.5) is 0 Å². The van der Waals surface area contributed by atoms with Crippen molar-refractivity contribution >= 4 is 5.91 Å². The number of para-hydroxylation sites is 1. The average molecular weight is 379 g/mol. The molecule has 144 valence electrons. The zero-order valence-electron chi connectivity index (χ0n) is 15.6. The Hall–Kier alpha value is -3.35. The highest BCUT2D eigenvalue weighted by atomic mass is 16.5. The third-order valence-corrected chi connectivity index (χ3v) is 4.68. The maximum atomic E-state index is 12.5. The van der Waals surface area contributed by atoms with Crippen LogP contribution in [-0.4, -0.2) is 29.8 Å². The van der Waals surface area contributed by atoms with Crippen molar-refractivity contribution in [1.82, 2.24) is 15.5 Å². The van der Waals surface area contributed by atoms with E-state index in [1.165, 1.54) is 0 Å². The van der Waals surface area contributed by atoms with Crippen LogP contribution in [-0.2, 0) is 24.2 Å². The Morgan fingerprint density at radius 2 is 2.07 bits per heavy atom. The van der Waals surface area contributed by atoms with Crippen molar-refractivity contribution in [2.75, 3.05) is 13.7 Å². The first kappa shape index (κ1) is 18.0. The first-order chi connectivity index (χ1) is 13.7. The Morgan fingerprint density at radius 1 is 1.21 bits per heavy atom. The Bertz CT molecular complexity index is 955. The van der Waals surface area contributed by atoms with Gasteiger partial charge in [-0.05, 0) is 23.6 Å². The topological polar surface area (TPSA) is 86.5 Å². The molecule has 7 nitrogen and oxygen atoms in total. The minimum Gasteiger partial charge on any atom is -0.493 e. The summed E-state index contributed by atoms with van der Waals surface area (Å²) in [7, 11) is 1.61. The van der Waals surface area contributed by atoms with Crippen LogP contribution in [0.3, 0.4) is 0 Å². The van der Waals surface area contributed by atoms with E-state index in [4.69, 9.17) is 14.0 Å². The summed E-state index contributed by atoms with van der Waals surface area (Å²) in [6.07, 6.45) is 1.19. The molecule has 0 bridgehead atoms. The number of ether oxygens (including phenoxy) is 2. The number of hydrogen-bond donors (Lipinski definition) is 1. The number of carbonyl (C=O) groups excluding carboxylic acids is 1. The Labute approximate surface area is 162 Å². The smallest absolute Gasteiger partial charge is 0.246 e. The van der Waals surface area contributed by atoms with E-state index in [-0.39, 0.29) is 18.4 Å². The van der Waals surface area contributed by atoms with Gasteiger partial charge in [0, 0.05) is 6.42 Å². The van der Waals surface area contributed by atoms with Crippen LogP contribution in [0.5, 0.6) is 11.5 Å². The van der Waals surface area contributed by atoms with Gasteiger partial charge in [0.25, 0.3) is 0 Å². The average Bonchev–Trinajstić information content (AvgIpc) is 3.19. The Balaban J connectivity index is 1.32. The normalized spacial score (nSPS) is 15.4. The van der Waals surface area contributed by atoms with Crippen molar-refractivity contribution in [3.8, 4) is 11.5 Å². The molecule has 2 heterocycles. The third kappa shape index (κ3) is 3.98. The first-order valence-corrected chi connectivity index (χ1v) is 9.14. The molecule has 3 aromatic rings. The van der Waals surface area contributed by atoms with Crippen molar-refractivity contribution in [2.24, 2.45) is 5.92 Å². The molecule has 1 aliphatic rings. The highest BCUT2D eigenvalue weighted by Gasteiger charge is 2.28. The molecular formula is C21H21N3O4. The number of benzene rings is 2. The van der Waals surface area contributed by atoms with E-state index in [2.05, 4.69) is 15.5 Å². The fourth-order valence-electron chi connectivity index (χ4n) is 3.24. The van der Waals surface area contributed by atoms with E-state index in [0.29, 0.717) is 36.9 Å². The van der Waals surface area contributed by atoms with Crippen LogP contribution in [0.15, 0.2) is 53.1 Å². The number of carbonyl (C=O) groups is 1. The molecular weight excluding hydrogens is 358 g/mol. The second-order valence-corrected chi connectivity index (χ2v) is 6.65. The number of hydrogen-bond acceptors (Lipinski definition) is 6. The molecule has 4 rings (SSSR count). The molecule has 0 fully saturated rings. The third-order valence-electron chi connectivity index (χ3n) is 4.68. The second-order valence-electron chi connectivity index (χ2n) is 6.65. The lowest BCUT2D eigenvalue weighted by atomic mass is 9.95. The van der Waals surface area contributed by atoms with E-state index >= 15 is 0 Å². The summed E-state index contributed by atoms with van der Waals surface area (Å²) in [5.41, 5.74) is 2.07. The summed E-state index contributed by atoms with van der Waals surface area (Å²) in [6.45, 7) is 0.504. The lowest BCUT2D eigenvalue weighted by molar-refractivity contribution is -0.126. The molecule has 1 aromatic heterocycles. The summed E-state index contributed by atoms with van der Waals surface area (Å²) < 4.78 is 16.3. The van der Waals surface area contributed by atoms with Gasteiger partial charge in [-0.2, -0.15) is 4.98 Å². The van der Waals surface area contributed by atoms with E-state index in [1.807, 2.05) is 48.5 Å². The molecule has 1 unspecified atom stereocenters. The molecule has 0 saturated carbocycles. The molecule has 1 aliphatic heterocycles. The lowest BCUT2D eigenvalue weighted by Crippen LogP contribution is -2.37. The Kier molecular flexibility index (Phi) is 5.23. The van der Waals surface area contributed by atoms with Gasteiger partial charge in [-0.3, -0.25) is 4.79 Å². The van der Waals surface area contributed by atoms with Gasteiger partial charge in [0.05, 0.1) is 19.6 Å². The predicted molar refractivity (Wildman–Crippen MR) is 101 cm³/mol. The number of rotatable bonds is 6. The highest BCUT2D eigenvalue weighted by Crippen LogP contribution is 2.36. The molecule has 2 aromatic carbocycles. The van der Waals surface area contributed by atoms with Crippen molar-refractivity contribution in [1.29, 1.82) is 0 Å². The maximum absolute atomic E-state index is 12.5.